The molecule has 1 aromatic rings. The first kappa shape index (κ1) is 17.4. The van der Waals surface area contributed by atoms with Crippen molar-refractivity contribution in [2.45, 2.75) is 39.3 Å². The van der Waals surface area contributed by atoms with Crippen LogP contribution in [-0.2, 0) is 9.53 Å². The zero-order chi connectivity index (χ0) is 16.9. The summed E-state index contributed by atoms with van der Waals surface area (Å²) in [5.41, 5.74) is -0.786. The lowest BCUT2D eigenvalue weighted by atomic mass is 10.2. The summed E-state index contributed by atoms with van der Waals surface area (Å²) in [6, 6.07) is 4.11. The standard InChI is InChI=1S/C14H18N2O6/c1-9(15-13(18)22-14(2,3)4)12(17)21-11-7-5-10(6-8-11)16(19)20/h5-9H,1-4H3,(H,15,18)/t9-/m0/s1. The van der Waals surface area contributed by atoms with Crippen LogP contribution in [0.3, 0.4) is 0 Å². The van der Waals surface area contributed by atoms with Gasteiger partial charge < -0.3 is 14.8 Å². The number of alkyl carbamates (subject to hydrolysis) is 1. The maximum absolute atomic E-state index is 11.8. The van der Waals surface area contributed by atoms with Gasteiger partial charge in [-0.05, 0) is 39.8 Å². The maximum atomic E-state index is 11.8. The summed E-state index contributed by atoms with van der Waals surface area (Å²) >= 11 is 0. The molecule has 1 atom stereocenters. The third-order valence-corrected chi connectivity index (χ3v) is 2.35. The smallest absolute Gasteiger partial charge is 0.408 e. The number of amides is 1. The predicted molar refractivity (Wildman–Crippen MR) is 77.6 cm³/mol. The fourth-order valence-corrected chi connectivity index (χ4v) is 1.38. The van der Waals surface area contributed by atoms with Crippen LogP contribution >= 0.6 is 0 Å². The van der Waals surface area contributed by atoms with Gasteiger partial charge in [-0.1, -0.05) is 0 Å². The van der Waals surface area contributed by atoms with Gasteiger partial charge in [0.05, 0.1) is 4.92 Å². The Balaban J connectivity index is 2.57. The van der Waals surface area contributed by atoms with E-state index in [4.69, 9.17) is 9.47 Å². The van der Waals surface area contributed by atoms with Crippen molar-refractivity contribution >= 4 is 17.7 Å². The van der Waals surface area contributed by atoms with Gasteiger partial charge in [0.15, 0.2) is 0 Å². The van der Waals surface area contributed by atoms with Crippen molar-refractivity contribution in [1.82, 2.24) is 5.32 Å². The van der Waals surface area contributed by atoms with Gasteiger partial charge in [-0.2, -0.15) is 0 Å². The number of ether oxygens (including phenoxy) is 2. The average Bonchev–Trinajstić information content (AvgIpc) is 2.36. The largest absolute Gasteiger partial charge is 0.444 e. The number of nitro benzene ring substituents is 1. The predicted octanol–water partition coefficient (Wildman–Crippen LogP) is 2.41. The molecule has 0 spiro atoms. The van der Waals surface area contributed by atoms with E-state index in [2.05, 4.69) is 5.32 Å². The highest BCUT2D eigenvalue weighted by Crippen LogP contribution is 2.17. The van der Waals surface area contributed by atoms with Crippen molar-refractivity contribution in [1.29, 1.82) is 0 Å². The Bertz CT molecular complexity index is 562. The van der Waals surface area contributed by atoms with Gasteiger partial charge in [0.2, 0.25) is 0 Å². The van der Waals surface area contributed by atoms with Gasteiger partial charge in [0, 0.05) is 12.1 Å². The van der Waals surface area contributed by atoms with Crippen LogP contribution in [0.4, 0.5) is 10.5 Å². The van der Waals surface area contributed by atoms with Crippen LogP contribution in [0.5, 0.6) is 5.75 Å². The fourth-order valence-electron chi connectivity index (χ4n) is 1.38. The monoisotopic (exact) mass is 310 g/mol. The highest BCUT2D eigenvalue weighted by Gasteiger charge is 2.22. The number of nitrogens with zero attached hydrogens (tertiary/aromatic N) is 1. The number of hydrogen-bond donors (Lipinski definition) is 1. The third kappa shape index (κ3) is 5.78. The number of carbonyl (C=O) groups excluding carboxylic acids is 2. The molecule has 0 aromatic heterocycles. The number of hydrogen-bond acceptors (Lipinski definition) is 6. The first-order valence-corrected chi connectivity index (χ1v) is 6.54. The van der Waals surface area contributed by atoms with E-state index in [-0.39, 0.29) is 11.4 Å². The van der Waals surface area contributed by atoms with Crippen molar-refractivity contribution < 1.29 is 24.0 Å². The number of benzene rings is 1. The summed E-state index contributed by atoms with van der Waals surface area (Å²) in [6.45, 7) is 6.54. The zero-order valence-electron chi connectivity index (χ0n) is 12.8. The molecule has 8 heteroatoms. The summed E-state index contributed by atoms with van der Waals surface area (Å²) in [7, 11) is 0. The molecule has 120 valence electrons. The normalized spacial score (nSPS) is 12.2. The lowest BCUT2D eigenvalue weighted by molar-refractivity contribution is -0.384. The molecule has 1 amide bonds. The molecule has 0 bridgehead atoms. The van der Waals surface area contributed by atoms with Crippen LogP contribution in [0.1, 0.15) is 27.7 Å². The minimum absolute atomic E-state index is 0.111. The molecule has 0 fully saturated rings. The summed E-state index contributed by atoms with van der Waals surface area (Å²) in [5.74, 6) is -0.562. The summed E-state index contributed by atoms with van der Waals surface area (Å²) in [5, 5.41) is 12.9. The van der Waals surface area contributed by atoms with Crippen molar-refractivity contribution in [2.24, 2.45) is 0 Å². The van der Waals surface area contributed by atoms with Gasteiger partial charge >= 0.3 is 12.1 Å². The van der Waals surface area contributed by atoms with Crippen LogP contribution in [0.15, 0.2) is 24.3 Å². The first-order valence-electron chi connectivity index (χ1n) is 6.54. The van der Waals surface area contributed by atoms with Crippen molar-refractivity contribution in [3.63, 3.8) is 0 Å². The van der Waals surface area contributed by atoms with Gasteiger partial charge in [-0.25, -0.2) is 9.59 Å². The second kappa shape index (κ2) is 6.88. The number of carbonyl (C=O) groups is 2. The molecular formula is C14H18N2O6. The van der Waals surface area contributed by atoms with E-state index in [0.717, 1.165) is 0 Å². The van der Waals surface area contributed by atoms with Gasteiger partial charge in [-0.3, -0.25) is 10.1 Å². The molecule has 0 aliphatic carbocycles. The molecule has 0 aliphatic heterocycles. The Morgan fingerprint density at radius 2 is 1.77 bits per heavy atom. The molecule has 0 unspecified atom stereocenters. The van der Waals surface area contributed by atoms with Crippen LogP contribution < -0.4 is 10.1 Å². The summed E-state index contributed by atoms with van der Waals surface area (Å²) in [6.07, 6.45) is -0.736. The van der Waals surface area contributed by atoms with Gasteiger partial charge in [-0.15, -0.1) is 0 Å². The second-order valence-corrected chi connectivity index (χ2v) is 5.54. The Kier molecular flexibility index (Phi) is 5.44. The van der Waals surface area contributed by atoms with Crippen molar-refractivity contribution in [3.8, 4) is 5.75 Å². The zero-order valence-corrected chi connectivity index (χ0v) is 12.8. The lowest BCUT2D eigenvalue weighted by Crippen LogP contribution is -2.43. The Morgan fingerprint density at radius 1 is 1.23 bits per heavy atom. The molecule has 0 radical (unpaired) electrons. The van der Waals surface area contributed by atoms with Crippen LogP contribution in [-0.4, -0.2) is 28.6 Å². The van der Waals surface area contributed by atoms with Crippen molar-refractivity contribution in [3.05, 3.63) is 34.4 Å². The first-order chi connectivity index (χ1) is 10.1. The molecule has 1 N–H and O–H groups in total. The molecule has 0 saturated carbocycles. The Hall–Kier alpha value is -2.64. The topological polar surface area (TPSA) is 108 Å². The lowest BCUT2D eigenvalue weighted by Gasteiger charge is -2.21. The van der Waals surface area contributed by atoms with Crippen molar-refractivity contribution in [2.75, 3.05) is 0 Å². The van der Waals surface area contributed by atoms with Gasteiger partial charge in [0.1, 0.15) is 17.4 Å². The summed E-state index contributed by atoms with van der Waals surface area (Å²) < 4.78 is 10.0. The second-order valence-electron chi connectivity index (χ2n) is 5.54. The minimum Gasteiger partial charge on any atom is -0.444 e. The molecule has 1 rings (SSSR count). The maximum Gasteiger partial charge on any atom is 0.408 e. The van der Waals surface area contributed by atoms with E-state index >= 15 is 0 Å². The van der Waals surface area contributed by atoms with E-state index in [1.54, 1.807) is 20.8 Å². The Labute approximate surface area is 127 Å². The minimum atomic E-state index is -0.926. The molecular weight excluding hydrogens is 292 g/mol. The number of nitro groups is 1. The van der Waals surface area contributed by atoms with E-state index in [1.807, 2.05) is 0 Å². The molecule has 0 saturated heterocycles. The SMILES string of the molecule is C[C@H](NC(=O)OC(C)(C)C)C(=O)Oc1ccc([N+](=O)[O-])cc1. The Morgan fingerprint density at radius 3 is 2.23 bits per heavy atom. The van der Waals surface area contributed by atoms with Crippen LogP contribution in [0, 0.1) is 10.1 Å². The van der Waals surface area contributed by atoms with Gasteiger partial charge in [0.25, 0.3) is 5.69 Å². The van der Waals surface area contributed by atoms with E-state index in [1.165, 1.54) is 31.2 Å². The van der Waals surface area contributed by atoms with Crippen LogP contribution in [0.25, 0.3) is 0 Å². The highest BCUT2D eigenvalue weighted by molar-refractivity contribution is 5.82. The fraction of sp³-hybridized carbons (Fsp3) is 0.429. The molecule has 0 heterocycles. The van der Waals surface area contributed by atoms with E-state index < -0.39 is 28.6 Å². The molecule has 0 aliphatic rings. The molecule has 8 nitrogen and oxygen atoms in total. The molecule has 22 heavy (non-hydrogen) atoms. The molecule has 1 aromatic carbocycles. The average molecular weight is 310 g/mol. The number of rotatable bonds is 4. The van der Waals surface area contributed by atoms with E-state index in [9.17, 15) is 19.7 Å². The van der Waals surface area contributed by atoms with Crippen LogP contribution in [0.2, 0.25) is 0 Å². The summed E-state index contributed by atoms with van der Waals surface area (Å²) in [4.78, 5) is 33.3. The number of nitrogens with one attached hydrogen (secondary N) is 1. The van der Waals surface area contributed by atoms with E-state index in [0.29, 0.717) is 0 Å². The number of esters is 1. The number of non-ortho nitro benzene ring substituents is 1. The highest BCUT2D eigenvalue weighted by atomic mass is 16.6. The third-order valence-electron chi connectivity index (χ3n) is 2.35. The quantitative estimate of drug-likeness (QED) is 0.396.